The molecule has 290 valence electrons. The van der Waals surface area contributed by atoms with Crippen molar-refractivity contribution in [2.24, 2.45) is 17.8 Å². The number of furan rings is 1. The molecular formula is C57H46N2O. The Morgan fingerprint density at radius 3 is 1.38 bits per heavy atom. The highest BCUT2D eigenvalue weighted by Crippen LogP contribution is 2.66. The van der Waals surface area contributed by atoms with E-state index in [1.165, 1.54) is 60.0 Å². The Morgan fingerprint density at radius 2 is 0.800 bits per heavy atom. The first kappa shape index (κ1) is 35.1. The minimum absolute atomic E-state index is 0.409. The number of fused-ring (bicyclic) bond motifs is 3. The van der Waals surface area contributed by atoms with E-state index in [0.717, 1.165) is 68.1 Å². The van der Waals surface area contributed by atoms with Gasteiger partial charge in [-0.25, -0.2) is 0 Å². The lowest BCUT2D eigenvalue weighted by atomic mass is 9.71. The van der Waals surface area contributed by atoms with Gasteiger partial charge in [0, 0.05) is 44.9 Å². The van der Waals surface area contributed by atoms with Gasteiger partial charge in [-0.3, -0.25) is 0 Å². The predicted molar refractivity (Wildman–Crippen MR) is 249 cm³/mol. The van der Waals surface area contributed by atoms with Crippen molar-refractivity contribution in [1.29, 1.82) is 0 Å². The van der Waals surface area contributed by atoms with E-state index < -0.39 is 0 Å². The summed E-state index contributed by atoms with van der Waals surface area (Å²) in [6.45, 7) is 0. The number of hydrogen-bond acceptors (Lipinski definition) is 3. The van der Waals surface area contributed by atoms with Gasteiger partial charge in [-0.05, 0) is 168 Å². The van der Waals surface area contributed by atoms with E-state index in [2.05, 4.69) is 198 Å². The molecule has 60 heavy (non-hydrogen) atoms. The Bertz CT molecular complexity index is 2940. The lowest BCUT2D eigenvalue weighted by Crippen LogP contribution is -2.27. The number of nitrogens with zero attached hydrogens (tertiary/aromatic N) is 2. The zero-order valence-electron chi connectivity index (χ0n) is 33.6. The molecule has 0 amide bonds. The molecule has 3 heteroatoms. The normalized spacial score (nSPS) is 20.2. The fraction of sp³-hybridized carbons (Fsp3) is 0.158. The summed E-state index contributed by atoms with van der Waals surface area (Å²) in [7, 11) is 0. The summed E-state index contributed by atoms with van der Waals surface area (Å²) >= 11 is 0. The third-order valence-corrected chi connectivity index (χ3v) is 14.1. The summed E-state index contributed by atoms with van der Waals surface area (Å²) < 4.78 is 6.18. The molecule has 4 bridgehead atoms. The lowest BCUT2D eigenvalue weighted by Gasteiger charge is -2.34. The maximum Gasteiger partial charge on any atom is 0.135 e. The number of hydrogen-bond donors (Lipinski definition) is 0. The average molecular weight is 775 g/mol. The van der Waals surface area contributed by atoms with Crippen molar-refractivity contribution in [3.8, 4) is 22.3 Å². The van der Waals surface area contributed by atoms with Gasteiger partial charge in [0.05, 0.1) is 0 Å². The number of anilines is 6. The van der Waals surface area contributed by atoms with Crippen LogP contribution in [0.5, 0.6) is 0 Å². The Balaban J connectivity index is 0.869. The van der Waals surface area contributed by atoms with Gasteiger partial charge >= 0.3 is 0 Å². The van der Waals surface area contributed by atoms with E-state index in [9.17, 15) is 0 Å². The SMILES string of the molecule is c1ccc(-c2ccc(N(c3ccc(-c4ccc(N(c5ccccc5)c5ccc6oc7ccccc7c6c5)cc4)cc3)c3ccc(C45CC6CC(CC4C6)C5)cc3)cc2)cc1. The first-order valence-corrected chi connectivity index (χ1v) is 21.7. The highest BCUT2D eigenvalue weighted by atomic mass is 16.3. The molecule has 4 aliphatic carbocycles. The lowest BCUT2D eigenvalue weighted by molar-refractivity contribution is 0.266. The van der Waals surface area contributed by atoms with Gasteiger partial charge in [0.25, 0.3) is 0 Å². The van der Waals surface area contributed by atoms with E-state index in [4.69, 9.17) is 4.42 Å². The third kappa shape index (κ3) is 5.94. The van der Waals surface area contributed by atoms with Gasteiger partial charge in [0.1, 0.15) is 11.2 Å². The molecule has 2 atom stereocenters. The second-order valence-corrected chi connectivity index (χ2v) is 17.5. The van der Waals surface area contributed by atoms with Crippen molar-refractivity contribution in [1.82, 2.24) is 0 Å². The van der Waals surface area contributed by atoms with Crippen LogP contribution in [-0.4, -0.2) is 0 Å². The maximum atomic E-state index is 6.18. The molecule has 8 aromatic carbocycles. The minimum Gasteiger partial charge on any atom is -0.456 e. The van der Waals surface area contributed by atoms with Gasteiger partial charge < -0.3 is 14.2 Å². The average Bonchev–Trinajstić information content (AvgIpc) is 3.90. The quantitative estimate of drug-likeness (QED) is 0.146. The van der Waals surface area contributed by atoms with E-state index >= 15 is 0 Å². The fourth-order valence-corrected chi connectivity index (χ4v) is 11.6. The van der Waals surface area contributed by atoms with Crippen molar-refractivity contribution < 1.29 is 4.42 Å². The number of para-hydroxylation sites is 2. The van der Waals surface area contributed by atoms with Crippen LogP contribution < -0.4 is 9.80 Å². The van der Waals surface area contributed by atoms with Crippen molar-refractivity contribution in [3.05, 3.63) is 206 Å². The summed E-state index contributed by atoms with van der Waals surface area (Å²) in [5.41, 5.74) is 15.4. The molecule has 4 fully saturated rings. The molecule has 3 nitrogen and oxygen atoms in total. The van der Waals surface area contributed by atoms with Crippen LogP contribution in [0.2, 0.25) is 0 Å². The van der Waals surface area contributed by atoms with Gasteiger partial charge in [-0.1, -0.05) is 115 Å². The van der Waals surface area contributed by atoms with Crippen molar-refractivity contribution in [2.75, 3.05) is 9.80 Å². The second kappa shape index (κ2) is 14.2. The molecule has 4 saturated carbocycles. The summed E-state index contributed by atoms with van der Waals surface area (Å²) in [5.74, 6) is 2.76. The Hall–Kier alpha value is -6.84. The summed E-state index contributed by atoms with van der Waals surface area (Å²) in [6.07, 6.45) is 7.14. The monoisotopic (exact) mass is 774 g/mol. The highest BCUT2D eigenvalue weighted by Gasteiger charge is 2.58. The second-order valence-electron chi connectivity index (χ2n) is 17.5. The largest absolute Gasteiger partial charge is 0.456 e. The maximum absolute atomic E-state index is 6.18. The minimum atomic E-state index is 0.409. The molecule has 13 rings (SSSR count). The Morgan fingerprint density at radius 1 is 0.367 bits per heavy atom. The van der Waals surface area contributed by atoms with E-state index in [1.807, 2.05) is 12.1 Å². The highest BCUT2D eigenvalue weighted by molar-refractivity contribution is 6.06. The van der Waals surface area contributed by atoms with Crippen LogP contribution in [0.4, 0.5) is 34.1 Å². The molecule has 2 unspecified atom stereocenters. The van der Waals surface area contributed by atoms with E-state index in [1.54, 1.807) is 5.56 Å². The van der Waals surface area contributed by atoms with Crippen LogP contribution in [0.3, 0.4) is 0 Å². The van der Waals surface area contributed by atoms with Crippen molar-refractivity contribution in [3.63, 3.8) is 0 Å². The fourth-order valence-electron chi connectivity index (χ4n) is 11.6. The first-order valence-electron chi connectivity index (χ1n) is 21.7. The van der Waals surface area contributed by atoms with Crippen LogP contribution in [0.15, 0.2) is 205 Å². The predicted octanol–water partition coefficient (Wildman–Crippen LogP) is 15.9. The number of rotatable bonds is 9. The van der Waals surface area contributed by atoms with Crippen LogP contribution in [0.25, 0.3) is 44.2 Å². The molecule has 9 aromatic rings. The third-order valence-electron chi connectivity index (χ3n) is 14.1. The molecule has 4 aliphatic rings. The smallest absolute Gasteiger partial charge is 0.135 e. The molecular weight excluding hydrogens is 729 g/mol. The van der Waals surface area contributed by atoms with Gasteiger partial charge in [0.2, 0.25) is 0 Å². The standard InChI is InChI=1S/C57H46N2O/c1-3-9-41(10-4-1)42-15-23-48(24-16-42)58(51-29-21-45(22-30-51)57-37-39-33-40(38-57)35-46(57)34-39)49-25-17-43(18-26-49)44-19-27-50(28-20-44)59(47-11-5-2-6-12-47)52-31-32-56-54(36-52)53-13-7-8-14-55(53)60-56/h1-32,36,39-40,46H,33-35,37-38H2. The Labute approximate surface area is 352 Å². The van der Waals surface area contributed by atoms with E-state index in [0.29, 0.717) is 5.41 Å². The Kier molecular flexibility index (Phi) is 8.30. The number of benzene rings is 8. The topological polar surface area (TPSA) is 19.6 Å². The summed E-state index contributed by atoms with van der Waals surface area (Å²) in [6, 6.07) is 72.8. The van der Waals surface area contributed by atoms with Gasteiger partial charge in [-0.2, -0.15) is 0 Å². The van der Waals surface area contributed by atoms with Crippen LogP contribution >= 0.6 is 0 Å². The summed E-state index contributed by atoms with van der Waals surface area (Å²) in [4.78, 5) is 4.74. The van der Waals surface area contributed by atoms with Gasteiger partial charge in [-0.15, -0.1) is 0 Å². The van der Waals surface area contributed by atoms with Crippen molar-refractivity contribution in [2.45, 2.75) is 37.5 Å². The van der Waals surface area contributed by atoms with Crippen LogP contribution in [0.1, 0.15) is 37.7 Å². The zero-order chi connectivity index (χ0) is 39.6. The molecule has 0 saturated heterocycles. The van der Waals surface area contributed by atoms with Crippen LogP contribution in [0, 0.1) is 17.8 Å². The first-order chi connectivity index (χ1) is 29.6. The van der Waals surface area contributed by atoms with Gasteiger partial charge in [0.15, 0.2) is 0 Å². The van der Waals surface area contributed by atoms with E-state index in [-0.39, 0.29) is 0 Å². The van der Waals surface area contributed by atoms with Crippen LogP contribution in [-0.2, 0) is 5.41 Å². The molecule has 0 N–H and O–H groups in total. The molecule has 1 aromatic heterocycles. The molecule has 0 aliphatic heterocycles. The summed E-state index contributed by atoms with van der Waals surface area (Å²) in [5, 5.41) is 2.24. The molecule has 1 heterocycles. The molecule has 0 spiro atoms. The zero-order valence-corrected chi connectivity index (χ0v) is 33.6. The molecule has 0 radical (unpaired) electrons. The van der Waals surface area contributed by atoms with Crippen molar-refractivity contribution >= 4 is 56.1 Å².